The van der Waals surface area contributed by atoms with Gasteiger partial charge in [-0.3, -0.25) is 4.79 Å². The van der Waals surface area contributed by atoms with Crippen LogP contribution in [0.4, 0.5) is 8.78 Å². The molecule has 0 fully saturated rings. The third-order valence-corrected chi connectivity index (χ3v) is 2.92. The number of carbonyl (C=O) groups excluding carboxylic acids is 1. The zero-order valence-corrected chi connectivity index (χ0v) is 12.4. The fourth-order valence-electron chi connectivity index (χ4n) is 2.01. The van der Waals surface area contributed by atoms with Crippen molar-refractivity contribution in [2.24, 2.45) is 5.92 Å². The SMILES string of the molecule is CC(C)CC(NCc1cc(F)cc(F)c1)C(=O)N(C)C. The fraction of sp³-hybridized carbons (Fsp3) is 0.533. The van der Waals surface area contributed by atoms with E-state index >= 15 is 0 Å². The topological polar surface area (TPSA) is 32.3 Å². The molecule has 0 aliphatic carbocycles. The summed E-state index contributed by atoms with van der Waals surface area (Å²) in [5.74, 6) is -0.904. The maximum Gasteiger partial charge on any atom is 0.239 e. The highest BCUT2D eigenvalue weighted by atomic mass is 19.1. The molecule has 1 N–H and O–H groups in total. The molecule has 1 aromatic rings. The second-order valence-corrected chi connectivity index (χ2v) is 5.57. The van der Waals surface area contributed by atoms with Gasteiger partial charge >= 0.3 is 0 Å². The Balaban J connectivity index is 2.72. The van der Waals surface area contributed by atoms with Gasteiger partial charge < -0.3 is 10.2 Å². The van der Waals surface area contributed by atoms with E-state index < -0.39 is 11.6 Å². The van der Waals surface area contributed by atoms with Crippen LogP contribution in [0.2, 0.25) is 0 Å². The summed E-state index contributed by atoms with van der Waals surface area (Å²) in [6.45, 7) is 4.31. The van der Waals surface area contributed by atoms with Gasteiger partial charge in [0.1, 0.15) is 11.6 Å². The van der Waals surface area contributed by atoms with Crippen molar-refractivity contribution in [3.05, 3.63) is 35.4 Å². The van der Waals surface area contributed by atoms with Crippen molar-refractivity contribution < 1.29 is 13.6 Å². The van der Waals surface area contributed by atoms with Crippen molar-refractivity contribution in [3.63, 3.8) is 0 Å². The number of hydrogen-bond acceptors (Lipinski definition) is 2. The van der Waals surface area contributed by atoms with Gasteiger partial charge in [-0.1, -0.05) is 13.8 Å². The number of nitrogens with one attached hydrogen (secondary N) is 1. The second kappa shape index (κ2) is 7.33. The molecule has 0 saturated carbocycles. The number of nitrogens with zero attached hydrogens (tertiary/aromatic N) is 1. The summed E-state index contributed by atoms with van der Waals surface area (Å²) in [6.07, 6.45) is 0.675. The van der Waals surface area contributed by atoms with Crippen LogP contribution in [0.25, 0.3) is 0 Å². The summed E-state index contributed by atoms with van der Waals surface area (Å²) < 4.78 is 26.2. The summed E-state index contributed by atoms with van der Waals surface area (Å²) in [5.41, 5.74) is 0.489. The number of hydrogen-bond donors (Lipinski definition) is 1. The lowest BCUT2D eigenvalue weighted by molar-refractivity contribution is -0.131. The van der Waals surface area contributed by atoms with Crippen molar-refractivity contribution in [1.29, 1.82) is 0 Å². The van der Waals surface area contributed by atoms with Crippen molar-refractivity contribution in [1.82, 2.24) is 10.2 Å². The summed E-state index contributed by atoms with van der Waals surface area (Å²) in [7, 11) is 3.39. The molecule has 0 heterocycles. The number of benzene rings is 1. The Morgan fingerprint density at radius 1 is 1.20 bits per heavy atom. The fourth-order valence-corrected chi connectivity index (χ4v) is 2.01. The number of rotatable bonds is 6. The standard InChI is InChI=1S/C15H22F2N2O/c1-10(2)5-14(15(20)19(3)4)18-9-11-6-12(16)8-13(17)7-11/h6-8,10,14,18H,5,9H2,1-4H3. The van der Waals surface area contributed by atoms with E-state index in [0.717, 1.165) is 6.07 Å². The van der Waals surface area contributed by atoms with Crippen LogP contribution in [0.15, 0.2) is 18.2 Å². The van der Waals surface area contributed by atoms with Crippen LogP contribution < -0.4 is 5.32 Å². The maximum absolute atomic E-state index is 13.1. The molecule has 20 heavy (non-hydrogen) atoms. The first-order valence-electron chi connectivity index (χ1n) is 6.69. The highest BCUT2D eigenvalue weighted by Crippen LogP contribution is 2.11. The molecular weight excluding hydrogens is 262 g/mol. The third kappa shape index (κ3) is 5.25. The molecule has 112 valence electrons. The predicted molar refractivity (Wildman–Crippen MR) is 75.1 cm³/mol. The summed E-state index contributed by atoms with van der Waals surface area (Å²) in [6, 6.07) is 3.02. The smallest absolute Gasteiger partial charge is 0.239 e. The Bertz CT molecular complexity index is 441. The first-order chi connectivity index (χ1) is 9.29. The quantitative estimate of drug-likeness (QED) is 0.870. The molecule has 0 bridgehead atoms. The average Bonchev–Trinajstić information content (AvgIpc) is 2.31. The van der Waals surface area contributed by atoms with Gasteiger partial charge in [0.2, 0.25) is 5.91 Å². The largest absolute Gasteiger partial charge is 0.347 e. The van der Waals surface area contributed by atoms with Crippen LogP contribution in [0, 0.1) is 17.6 Å². The Hall–Kier alpha value is -1.49. The van der Waals surface area contributed by atoms with E-state index in [-0.39, 0.29) is 18.5 Å². The summed E-state index contributed by atoms with van der Waals surface area (Å²) in [5, 5.41) is 3.08. The van der Waals surface area contributed by atoms with Crippen molar-refractivity contribution in [2.45, 2.75) is 32.9 Å². The van der Waals surface area contributed by atoms with E-state index in [0.29, 0.717) is 17.9 Å². The summed E-state index contributed by atoms with van der Waals surface area (Å²) >= 11 is 0. The Morgan fingerprint density at radius 2 is 1.75 bits per heavy atom. The molecule has 0 saturated heterocycles. The predicted octanol–water partition coefficient (Wildman–Crippen LogP) is 2.56. The van der Waals surface area contributed by atoms with Gasteiger partial charge in [0.15, 0.2) is 0 Å². The van der Waals surface area contributed by atoms with Crippen LogP contribution >= 0.6 is 0 Å². The molecule has 1 rings (SSSR count). The van der Waals surface area contributed by atoms with Crippen molar-refractivity contribution in [2.75, 3.05) is 14.1 Å². The monoisotopic (exact) mass is 284 g/mol. The third-order valence-electron chi connectivity index (χ3n) is 2.92. The van der Waals surface area contributed by atoms with Gasteiger partial charge in [-0.05, 0) is 30.0 Å². The molecule has 5 heteroatoms. The van der Waals surface area contributed by atoms with Gasteiger partial charge in [0.05, 0.1) is 6.04 Å². The van der Waals surface area contributed by atoms with Crippen LogP contribution in [0.3, 0.4) is 0 Å². The van der Waals surface area contributed by atoms with E-state index in [2.05, 4.69) is 5.32 Å². The molecule has 0 aliphatic heterocycles. The Labute approximate surface area is 119 Å². The molecule has 1 unspecified atom stereocenters. The zero-order valence-electron chi connectivity index (χ0n) is 12.4. The van der Waals surface area contributed by atoms with Crippen LogP contribution in [-0.2, 0) is 11.3 Å². The molecule has 0 radical (unpaired) electrons. The Kier molecular flexibility index (Phi) is 6.07. The number of likely N-dealkylation sites (N-methyl/N-ethyl adjacent to an activating group) is 1. The normalized spacial score (nSPS) is 12.6. The summed E-state index contributed by atoms with van der Waals surface area (Å²) in [4.78, 5) is 13.6. The van der Waals surface area contributed by atoms with E-state index in [9.17, 15) is 13.6 Å². The maximum atomic E-state index is 13.1. The first kappa shape index (κ1) is 16.6. The Morgan fingerprint density at radius 3 is 2.20 bits per heavy atom. The number of halogens is 2. The number of carbonyl (C=O) groups is 1. The molecule has 3 nitrogen and oxygen atoms in total. The molecule has 0 spiro atoms. The minimum Gasteiger partial charge on any atom is -0.347 e. The lowest BCUT2D eigenvalue weighted by Crippen LogP contribution is -2.44. The molecule has 0 aliphatic rings. The molecule has 1 atom stereocenters. The lowest BCUT2D eigenvalue weighted by atomic mass is 10.0. The minimum absolute atomic E-state index is 0.0319. The number of amides is 1. The average molecular weight is 284 g/mol. The van der Waals surface area contributed by atoms with Crippen LogP contribution in [0.1, 0.15) is 25.8 Å². The molecule has 1 aromatic carbocycles. The van der Waals surface area contributed by atoms with Crippen LogP contribution in [-0.4, -0.2) is 30.9 Å². The van der Waals surface area contributed by atoms with Gasteiger partial charge in [-0.25, -0.2) is 8.78 Å². The van der Waals surface area contributed by atoms with Crippen molar-refractivity contribution in [3.8, 4) is 0 Å². The highest BCUT2D eigenvalue weighted by molar-refractivity contribution is 5.81. The molecular formula is C15H22F2N2O. The van der Waals surface area contributed by atoms with Gasteiger partial charge in [-0.2, -0.15) is 0 Å². The van der Waals surface area contributed by atoms with E-state index in [1.165, 1.54) is 17.0 Å². The minimum atomic E-state index is -0.610. The van der Waals surface area contributed by atoms with E-state index in [4.69, 9.17) is 0 Å². The van der Waals surface area contributed by atoms with Gasteiger partial charge in [0.25, 0.3) is 0 Å². The lowest BCUT2D eigenvalue weighted by Gasteiger charge is -2.23. The first-order valence-corrected chi connectivity index (χ1v) is 6.69. The van der Waals surface area contributed by atoms with Gasteiger partial charge in [0, 0.05) is 26.7 Å². The van der Waals surface area contributed by atoms with Gasteiger partial charge in [-0.15, -0.1) is 0 Å². The van der Waals surface area contributed by atoms with E-state index in [1.807, 2.05) is 13.8 Å². The molecule has 1 amide bonds. The second-order valence-electron chi connectivity index (χ2n) is 5.57. The zero-order chi connectivity index (χ0) is 15.3. The van der Waals surface area contributed by atoms with Crippen LogP contribution in [0.5, 0.6) is 0 Å². The molecule has 0 aromatic heterocycles. The highest BCUT2D eigenvalue weighted by Gasteiger charge is 2.20. The van der Waals surface area contributed by atoms with Crippen molar-refractivity contribution >= 4 is 5.91 Å². The van der Waals surface area contributed by atoms with E-state index in [1.54, 1.807) is 14.1 Å².